The van der Waals surface area contributed by atoms with Gasteiger partial charge >= 0.3 is 11.9 Å². The summed E-state index contributed by atoms with van der Waals surface area (Å²) in [4.78, 5) is 14.8. The molecular formula is C23H17Cl2F3N2O4. The molecule has 0 aliphatic rings. The number of nitro benzene ring substituents is 1. The van der Waals surface area contributed by atoms with Crippen LogP contribution in [0.3, 0.4) is 0 Å². The Labute approximate surface area is 202 Å². The molecule has 0 bridgehead atoms. The van der Waals surface area contributed by atoms with Crippen molar-refractivity contribution in [1.29, 1.82) is 0 Å². The molecule has 0 spiro atoms. The van der Waals surface area contributed by atoms with Crippen molar-refractivity contribution in [2.24, 2.45) is 4.99 Å². The molecule has 0 saturated carbocycles. The molecule has 0 radical (unpaired) electrons. The monoisotopic (exact) mass is 512 g/mol. The maximum atomic E-state index is 13.0. The molecule has 34 heavy (non-hydrogen) atoms. The molecule has 0 aliphatic carbocycles. The second kappa shape index (κ2) is 10.3. The van der Waals surface area contributed by atoms with Gasteiger partial charge in [0.2, 0.25) is 5.75 Å². The molecule has 0 N–H and O–H groups in total. The lowest BCUT2D eigenvalue weighted by molar-refractivity contribution is -0.385. The third-order valence-corrected chi connectivity index (χ3v) is 5.31. The van der Waals surface area contributed by atoms with E-state index < -0.39 is 28.1 Å². The fourth-order valence-corrected chi connectivity index (χ4v) is 3.36. The Morgan fingerprint density at radius 1 is 1.09 bits per heavy atom. The number of aliphatic imine (C=N–C) groups is 1. The molecule has 0 aliphatic heterocycles. The first-order valence-corrected chi connectivity index (χ1v) is 10.6. The van der Waals surface area contributed by atoms with Crippen molar-refractivity contribution in [3.63, 3.8) is 0 Å². The van der Waals surface area contributed by atoms with Crippen LogP contribution in [-0.4, -0.2) is 17.7 Å². The van der Waals surface area contributed by atoms with E-state index in [1.807, 2.05) is 6.92 Å². The van der Waals surface area contributed by atoms with Crippen LogP contribution in [0.15, 0.2) is 53.5 Å². The molecule has 0 heterocycles. The van der Waals surface area contributed by atoms with Crippen LogP contribution in [0.1, 0.15) is 23.6 Å². The minimum atomic E-state index is -4.75. The standard InChI is InChI=1S/C23H17Cl2F3N2O4/c1-3-33-21-10-14(12-29-18-6-4-5-16(24)13(18)2)9-17(25)22(21)34-20-8-7-15(23(26,27)28)11-19(20)30(31)32/h4-12H,3H2,1-2H3. The molecule has 0 amide bonds. The van der Waals surface area contributed by atoms with Crippen molar-refractivity contribution in [2.45, 2.75) is 20.0 Å². The van der Waals surface area contributed by atoms with Gasteiger partial charge in [0.15, 0.2) is 11.5 Å². The van der Waals surface area contributed by atoms with E-state index in [1.165, 1.54) is 12.3 Å². The number of benzene rings is 3. The van der Waals surface area contributed by atoms with Crippen LogP contribution >= 0.6 is 23.2 Å². The first-order chi connectivity index (χ1) is 16.0. The Hall–Kier alpha value is -3.30. The molecule has 0 fully saturated rings. The van der Waals surface area contributed by atoms with Gasteiger partial charge in [-0.2, -0.15) is 13.2 Å². The Morgan fingerprint density at radius 2 is 1.82 bits per heavy atom. The Balaban J connectivity index is 2.01. The highest BCUT2D eigenvalue weighted by Gasteiger charge is 2.33. The maximum Gasteiger partial charge on any atom is 0.416 e. The number of alkyl halides is 3. The first kappa shape index (κ1) is 25.3. The van der Waals surface area contributed by atoms with Crippen LogP contribution in [-0.2, 0) is 6.18 Å². The van der Waals surface area contributed by atoms with Crippen LogP contribution in [0.2, 0.25) is 10.0 Å². The quantitative estimate of drug-likeness (QED) is 0.182. The second-order valence-electron chi connectivity index (χ2n) is 6.94. The van der Waals surface area contributed by atoms with Gasteiger partial charge in [0, 0.05) is 17.3 Å². The van der Waals surface area contributed by atoms with Gasteiger partial charge in [-0.1, -0.05) is 29.3 Å². The summed E-state index contributed by atoms with van der Waals surface area (Å²) in [5, 5.41) is 12.0. The van der Waals surface area contributed by atoms with E-state index >= 15 is 0 Å². The zero-order valence-electron chi connectivity index (χ0n) is 17.8. The SMILES string of the molecule is CCOc1cc(C=Nc2cccc(Cl)c2C)cc(Cl)c1Oc1ccc(C(F)(F)F)cc1[N+](=O)[O-]. The van der Waals surface area contributed by atoms with E-state index in [0.29, 0.717) is 28.4 Å². The van der Waals surface area contributed by atoms with Gasteiger partial charge in [0.25, 0.3) is 0 Å². The summed E-state index contributed by atoms with van der Waals surface area (Å²) in [7, 11) is 0. The van der Waals surface area contributed by atoms with Gasteiger partial charge in [0.05, 0.1) is 27.8 Å². The number of rotatable bonds is 7. The predicted octanol–water partition coefficient (Wildman–Crippen LogP) is 8.17. The Kier molecular flexibility index (Phi) is 7.68. The summed E-state index contributed by atoms with van der Waals surface area (Å²) in [6, 6.07) is 10.3. The van der Waals surface area contributed by atoms with Crippen LogP contribution < -0.4 is 9.47 Å². The summed E-state index contributed by atoms with van der Waals surface area (Å²) in [5.41, 5.74) is -0.0866. The van der Waals surface area contributed by atoms with Crippen LogP contribution in [0.25, 0.3) is 0 Å². The van der Waals surface area contributed by atoms with Crippen LogP contribution in [0.5, 0.6) is 17.2 Å². The van der Waals surface area contributed by atoms with Gasteiger partial charge in [-0.15, -0.1) is 0 Å². The lowest BCUT2D eigenvalue weighted by Crippen LogP contribution is -2.06. The van der Waals surface area contributed by atoms with E-state index in [0.717, 1.165) is 11.6 Å². The van der Waals surface area contributed by atoms with Crippen molar-refractivity contribution in [3.8, 4) is 17.2 Å². The Morgan fingerprint density at radius 3 is 2.47 bits per heavy atom. The highest BCUT2D eigenvalue weighted by Crippen LogP contribution is 2.43. The number of ether oxygens (including phenoxy) is 2. The molecule has 0 unspecified atom stereocenters. The smallest absolute Gasteiger partial charge is 0.416 e. The average Bonchev–Trinajstić information content (AvgIpc) is 2.76. The average molecular weight is 513 g/mol. The number of nitrogens with zero attached hydrogens (tertiary/aromatic N) is 2. The predicted molar refractivity (Wildman–Crippen MR) is 124 cm³/mol. The minimum Gasteiger partial charge on any atom is -0.490 e. The largest absolute Gasteiger partial charge is 0.490 e. The summed E-state index contributed by atoms with van der Waals surface area (Å²) in [6.07, 6.45) is -3.23. The summed E-state index contributed by atoms with van der Waals surface area (Å²) < 4.78 is 50.1. The molecule has 0 saturated heterocycles. The van der Waals surface area contributed by atoms with Crippen molar-refractivity contribution < 1.29 is 27.6 Å². The van der Waals surface area contributed by atoms with Gasteiger partial charge < -0.3 is 9.47 Å². The van der Waals surface area contributed by atoms with Gasteiger partial charge in [-0.25, -0.2) is 0 Å². The maximum absolute atomic E-state index is 13.0. The first-order valence-electron chi connectivity index (χ1n) is 9.80. The van der Waals surface area contributed by atoms with Crippen molar-refractivity contribution in [3.05, 3.63) is 85.4 Å². The minimum absolute atomic E-state index is 0.0180. The molecule has 3 aromatic rings. The number of nitro groups is 1. The fraction of sp³-hybridized carbons (Fsp3) is 0.174. The lowest BCUT2D eigenvalue weighted by atomic mass is 10.1. The zero-order valence-corrected chi connectivity index (χ0v) is 19.3. The molecule has 6 nitrogen and oxygen atoms in total. The van der Waals surface area contributed by atoms with E-state index in [1.54, 1.807) is 31.2 Å². The molecule has 11 heteroatoms. The molecule has 178 valence electrons. The van der Waals surface area contributed by atoms with Gasteiger partial charge in [0.1, 0.15) is 0 Å². The highest BCUT2D eigenvalue weighted by atomic mass is 35.5. The van der Waals surface area contributed by atoms with Crippen molar-refractivity contribution in [2.75, 3.05) is 6.61 Å². The fourth-order valence-electron chi connectivity index (χ4n) is 2.94. The number of hydrogen-bond donors (Lipinski definition) is 0. The molecule has 0 aromatic heterocycles. The van der Waals surface area contributed by atoms with Gasteiger partial charge in [-0.05, 0) is 61.4 Å². The summed E-state index contributed by atoms with van der Waals surface area (Å²) >= 11 is 12.5. The van der Waals surface area contributed by atoms with Crippen LogP contribution in [0.4, 0.5) is 24.5 Å². The third-order valence-electron chi connectivity index (χ3n) is 4.62. The number of hydrogen-bond acceptors (Lipinski definition) is 5. The normalized spacial score (nSPS) is 11.6. The van der Waals surface area contributed by atoms with Gasteiger partial charge in [-0.3, -0.25) is 15.1 Å². The van der Waals surface area contributed by atoms with E-state index in [2.05, 4.69) is 4.99 Å². The molecule has 3 rings (SSSR count). The van der Waals surface area contributed by atoms with E-state index in [9.17, 15) is 23.3 Å². The van der Waals surface area contributed by atoms with Crippen molar-refractivity contribution in [1.82, 2.24) is 0 Å². The molecule has 0 atom stereocenters. The lowest BCUT2D eigenvalue weighted by Gasteiger charge is -2.15. The summed E-state index contributed by atoms with van der Waals surface area (Å²) in [5.74, 6) is -0.368. The highest BCUT2D eigenvalue weighted by molar-refractivity contribution is 6.32. The van der Waals surface area contributed by atoms with E-state index in [4.69, 9.17) is 32.7 Å². The molecule has 3 aromatic carbocycles. The zero-order chi connectivity index (χ0) is 25.0. The Bertz CT molecular complexity index is 1260. The van der Waals surface area contributed by atoms with Crippen LogP contribution in [0, 0.1) is 17.0 Å². The summed E-state index contributed by atoms with van der Waals surface area (Å²) in [6.45, 7) is 3.73. The topological polar surface area (TPSA) is 74.0 Å². The van der Waals surface area contributed by atoms with Crippen molar-refractivity contribution >= 4 is 40.8 Å². The third kappa shape index (κ3) is 5.78. The molecular weight excluding hydrogens is 496 g/mol. The number of halogens is 5. The van der Waals surface area contributed by atoms with E-state index in [-0.39, 0.29) is 23.1 Å². The second-order valence-corrected chi connectivity index (χ2v) is 7.76.